The lowest BCUT2D eigenvalue weighted by molar-refractivity contribution is 0.581. The summed E-state index contributed by atoms with van der Waals surface area (Å²) in [7, 11) is -3.51. The molecular formula is C18H19ClN2O2S. The molecule has 0 amide bonds. The van der Waals surface area contributed by atoms with Crippen LogP contribution in [0.15, 0.2) is 47.5 Å². The van der Waals surface area contributed by atoms with Gasteiger partial charge >= 0.3 is 0 Å². The normalized spacial score (nSPS) is 12.0. The summed E-state index contributed by atoms with van der Waals surface area (Å²) >= 11 is 6.04. The number of benzene rings is 2. The average Bonchev–Trinajstić information content (AvgIpc) is 2.89. The van der Waals surface area contributed by atoms with Crippen LogP contribution >= 0.6 is 11.6 Å². The molecule has 6 heteroatoms. The minimum absolute atomic E-state index is 0.328. The number of halogens is 1. The van der Waals surface area contributed by atoms with Crippen LogP contribution in [-0.4, -0.2) is 19.9 Å². The van der Waals surface area contributed by atoms with E-state index in [4.69, 9.17) is 11.6 Å². The maximum absolute atomic E-state index is 12.5. The van der Waals surface area contributed by atoms with Gasteiger partial charge in [-0.15, -0.1) is 0 Å². The van der Waals surface area contributed by atoms with Crippen LogP contribution in [0.4, 0.5) is 0 Å². The van der Waals surface area contributed by atoms with E-state index in [1.165, 1.54) is 0 Å². The monoisotopic (exact) mass is 362 g/mol. The first kappa shape index (κ1) is 17.0. The molecule has 0 aliphatic carbocycles. The highest BCUT2D eigenvalue weighted by Crippen LogP contribution is 2.23. The maximum atomic E-state index is 12.5. The summed E-state index contributed by atoms with van der Waals surface area (Å²) in [5, 5.41) is 1.69. The molecule has 0 radical (unpaired) electrons. The number of rotatable bonds is 5. The van der Waals surface area contributed by atoms with Crippen molar-refractivity contribution in [3.63, 3.8) is 0 Å². The molecule has 3 aromatic rings. The van der Waals surface area contributed by atoms with Crippen molar-refractivity contribution < 1.29 is 8.42 Å². The molecule has 2 N–H and O–H groups in total. The van der Waals surface area contributed by atoms with E-state index in [0.29, 0.717) is 22.9 Å². The first-order valence-corrected chi connectivity index (χ1v) is 9.55. The molecule has 1 heterocycles. The van der Waals surface area contributed by atoms with Crippen molar-refractivity contribution in [3.05, 3.63) is 64.3 Å². The van der Waals surface area contributed by atoms with Crippen molar-refractivity contribution in [1.29, 1.82) is 0 Å². The molecule has 3 rings (SSSR count). The number of fused-ring (bicyclic) bond motifs is 1. The molecule has 0 bridgehead atoms. The fourth-order valence-electron chi connectivity index (χ4n) is 2.86. The molecule has 1 aromatic heterocycles. The smallest absolute Gasteiger partial charge is 0.240 e. The van der Waals surface area contributed by atoms with E-state index >= 15 is 0 Å². The van der Waals surface area contributed by atoms with Crippen LogP contribution in [-0.2, 0) is 16.4 Å². The number of H-pyrrole nitrogens is 1. The quantitative estimate of drug-likeness (QED) is 0.721. The topological polar surface area (TPSA) is 62.0 Å². The van der Waals surface area contributed by atoms with Gasteiger partial charge in [-0.2, -0.15) is 0 Å². The van der Waals surface area contributed by atoms with E-state index in [-0.39, 0.29) is 0 Å². The van der Waals surface area contributed by atoms with Gasteiger partial charge in [0.1, 0.15) is 0 Å². The molecule has 0 saturated carbocycles. The third-order valence-electron chi connectivity index (χ3n) is 4.04. The second kappa shape index (κ2) is 6.59. The van der Waals surface area contributed by atoms with Crippen molar-refractivity contribution in [1.82, 2.24) is 9.71 Å². The van der Waals surface area contributed by atoms with Gasteiger partial charge in [0.2, 0.25) is 10.0 Å². The third-order valence-corrected chi connectivity index (χ3v) is 5.89. The highest BCUT2D eigenvalue weighted by Gasteiger charge is 2.16. The number of hydrogen-bond acceptors (Lipinski definition) is 2. The first-order valence-electron chi connectivity index (χ1n) is 7.69. The number of aryl methyl sites for hydroxylation is 2. The third kappa shape index (κ3) is 3.48. The molecule has 4 nitrogen and oxygen atoms in total. The molecule has 0 aliphatic rings. The predicted molar refractivity (Wildman–Crippen MR) is 98.1 cm³/mol. The van der Waals surface area contributed by atoms with Gasteiger partial charge in [0.15, 0.2) is 0 Å². The predicted octanol–water partition coefficient (Wildman–Crippen LogP) is 3.96. The van der Waals surface area contributed by atoms with Gasteiger partial charge in [0.25, 0.3) is 0 Å². The highest BCUT2D eigenvalue weighted by atomic mass is 35.5. The Morgan fingerprint density at radius 1 is 1.12 bits per heavy atom. The summed E-state index contributed by atoms with van der Waals surface area (Å²) in [4.78, 5) is 3.50. The molecule has 0 aliphatic heterocycles. The lowest BCUT2D eigenvalue weighted by Crippen LogP contribution is -2.26. The Hall–Kier alpha value is -1.82. The molecule has 0 unspecified atom stereocenters. The Morgan fingerprint density at radius 3 is 2.67 bits per heavy atom. The summed E-state index contributed by atoms with van der Waals surface area (Å²) in [6.45, 7) is 4.08. The lowest BCUT2D eigenvalue weighted by atomic mass is 10.1. The Kier molecular flexibility index (Phi) is 4.67. The number of nitrogens with one attached hydrogen (secondary N) is 2. The SMILES string of the molecule is Cc1ccc(S(=O)(=O)NCCc2c[nH]c3ccc(Cl)cc23)c(C)c1. The summed E-state index contributed by atoms with van der Waals surface area (Å²) in [5.41, 5.74) is 3.82. The van der Waals surface area contributed by atoms with Crippen LogP contribution in [0.5, 0.6) is 0 Å². The van der Waals surface area contributed by atoms with E-state index in [0.717, 1.165) is 27.6 Å². The van der Waals surface area contributed by atoms with Crippen molar-refractivity contribution in [2.75, 3.05) is 6.54 Å². The van der Waals surface area contributed by atoms with E-state index in [2.05, 4.69) is 9.71 Å². The zero-order chi connectivity index (χ0) is 17.3. The van der Waals surface area contributed by atoms with Crippen LogP contribution in [0.2, 0.25) is 5.02 Å². The Morgan fingerprint density at radius 2 is 1.92 bits per heavy atom. The summed E-state index contributed by atoms with van der Waals surface area (Å²) in [6, 6.07) is 11.0. The highest BCUT2D eigenvalue weighted by molar-refractivity contribution is 7.89. The van der Waals surface area contributed by atoms with Crippen LogP contribution in [0.3, 0.4) is 0 Å². The molecule has 24 heavy (non-hydrogen) atoms. The van der Waals surface area contributed by atoms with Crippen LogP contribution in [0.1, 0.15) is 16.7 Å². The fourth-order valence-corrected chi connectivity index (χ4v) is 4.28. The van der Waals surface area contributed by atoms with Crippen LogP contribution < -0.4 is 4.72 Å². The van der Waals surface area contributed by atoms with Crippen molar-refractivity contribution in [2.24, 2.45) is 0 Å². The molecular weight excluding hydrogens is 344 g/mol. The Labute approximate surface area is 146 Å². The van der Waals surface area contributed by atoms with Gasteiger partial charge < -0.3 is 4.98 Å². The molecule has 2 aromatic carbocycles. The first-order chi connectivity index (χ1) is 11.4. The van der Waals surface area contributed by atoms with Crippen LogP contribution in [0.25, 0.3) is 10.9 Å². The zero-order valence-corrected chi connectivity index (χ0v) is 15.1. The number of aromatic amines is 1. The Bertz CT molecular complexity index is 993. The number of sulfonamides is 1. The van der Waals surface area contributed by atoms with Crippen molar-refractivity contribution in [2.45, 2.75) is 25.2 Å². The zero-order valence-electron chi connectivity index (χ0n) is 13.6. The number of aromatic nitrogens is 1. The minimum Gasteiger partial charge on any atom is -0.361 e. The van der Waals surface area contributed by atoms with E-state index in [1.807, 2.05) is 50.4 Å². The van der Waals surface area contributed by atoms with Gasteiger partial charge in [0, 0.05) is 28.7 Å². The second-order valence-electron chi connectivity index (χ2n) is 5.92. The van der Waals surface area contributed by atoms with Gasteiger partial charge in [0.05, 0.1) is 4.90 Å². The molecule has 0 spiro atoms. The molecule has 0 saturated heterocycles. The summed E-state index contributed by atoms with van der Waals surface area (Å²) in [5.74, 6) is 0. The van der Waals surface area contributed by atoms with Crippen molar-refractivity contribution in [3.8, 4) is 0 Å². The van der Waals surface area contributed by atoms with Gasteiger partial charge in [-0.05, 0) is 55.7 Å². The largest absolute Gasteiger partial charge is 0.361 e. The van der Waals surface area contributed by atoms with E-state index in [1.54, 1.807) is 6.07 Å². The van der Waals surface area contributed by atoms with E-state index in [9.17, 15) is 8.42 Å². The van der Waals surface area contributed by atoms with Gasteiger partial charge in [-0.25, -0.2) is 13.1 Å². The molecule has 0 fully saturated rings. The molecule has 126 valence electrons. The average molecular weight is 363 g/mol. The van der Waals surface area contributed by atoms with E-state index < -0.39 is 10.0 Å². The standard InChI is InChI=1S/C18H19ClN2O2S/c1-12-3-6-18(13(2)9-12)24(22,23)21-8-7-14-11-20-17-5-4-15(19)10-16(14)17/h3-6,9-11,20-21H,7-8H2,1-2H3. The van der Waals surface area contributed by atoms with Crippen LogP contribution in [0, 0.1) is 13.8 Å². The minimum atomic E-state index is -3.51. The summed E-state index contributed by atoms with van der Waals surface area (Å²) < 4.78 is 27.6. The molecule has 0 atom stereocenters. The Balaban J connectivity index is 1.74. The number of hydrogen-bond donors (Lipinski definition) is 2. The fraction of sp³-hybridized carbons (Fsp3) is 0.222. The van der Waals surface area contributed by atoms with Crippen molar-refractivity contribution >= 4 is 32.5 Å². The maximum Gasteiger partial charge on any atom is 0.240 e. The second-order valence-corrected chi connectivity index (χ2v) is 8.09. The van der Waals surface area contributed by atoms with Gasteiger partial charge in [-0.3, -0.25) is 0 Å². The summed E-state index contributed by atoms with van der Waals surface area (Å²) in [6.07, 6.45) is 2.48. The lowest BCUT2D eigenvalue weighted by Gasteiger charge is -2.10. The van der Waals surface area contributed by atoms with Gasteiger partial charge in [-0.1, -0.05) is 29.3 Å².